The third-order valence-corrected chi connectivity index (χ3v) is 4.76. The lowest BCUT2D eigenvalue weighted by molar-refractivity contribution is 0.227. The fourth-order valence-electron chi connectivity index (χ4n) is 3.62. The van der Waals surface area contributed by atoms with Gasteiger partial charge in [-0.2, -0.15) is 0 Å². The lowest BCUT2D eigenvalue weighted by Gasteiger charge is -2.28. The van der Waals surface area contributed by atoms with Crippen LogP contribution in [0.15, 0.2) is 36.9 Å². The molecule has 5 heteroatoms. The molecule has 3 aromatic rings. The largest absolute Gasteiger partial charge is 0.335 e. The Kier molecular flexibility index (Phi) is 3.65. The van der Waals surface area contributed by atoms with Crippen LogP contribution in [-0.4, -0.2) is 37.4 Å². The summed E-state index contributed by atoms with van der Waals surface area (Å²) in [5.41, 5.74) is 3.55. The Labute approximate surface area is 136 Å². The summed E-state index contributed by atoms with van der Waals surface area (Å²) in [7, 11) is 2.21. The van der Waals surface area contributed by atoms with E-state index in [0.29, 0.717) is 5.92 Å². The van der Waals surface area contributed by atoms with Gasteiger partial charge in [-0.1, -0.05) is 6.07 Å². The van der Waals surface area contributed by atoms with Crippen LogP contribution >= 0.6 is 0 Å². The molecule has 1 aliphatic rings. The molecule has 0 amide bonds. The first-order valence-corrected chi connectivity index (χ1v) is 8.30. The maximum absolute atomic E-state index is 4.51. The van der Waals surface area contributed by atoms with E-state index in [1.807, 2.05) is 12.4 Å². The predicted octanol–water partition coefficient (Wildman–Crippen LogP) is 2.53. The van der Waals surface area contributed by atoms with Crippen LogP contribution in [-0.2, 0) is 19.5 Å². The Morgan fingerprint density at radius 3 is 3.13 bits per heavy atom. The van der Waals surface area contributed by atoms with Gasteiger partial charge in [0.15, 0.2) is 0 Å². The molecule has 4 heterocycles. The minimum atomic E-state index is 0.697. The smallest absolute Gasteiger partial charge is 0.136 e. The standard InChI is InChI=1S/C18H23N5/c1-14-3-5-18-20-9-16(23(18)10-14)13-21(2)11-15-4-6-17-19-7-8-22(17)12-15/h3,5,7-10,15H,4,6,11-13H2,1-2H3/t15-/m1/s1. The average Bonchev–Trinajstić information content (AvgIpc) is 3.14. The first kappa shape index (κ1) is 14.5. The first-order valence-electron chi connectivity index (χ1n) is 8.30. The van der Waals surface area contributed by atoms with Crippen molar-refractivity contribution in [2.45, 2.75) is 32.9 Å². The van der Waals surface area contributed by atoms with Crippen LogP contribution in [0.25, 0.3) is 5.65 Å². The van der Waals surface area contributed by atoms with Crippen LogP contribution in [0.1, 0.15) is 23.5 Å². The minimum absolute atomic E-state index is 0.697. The van der Waals surface area contributed by atoms with E-state index in [0.717, 1.165) is 31.7 Å². The zero-order chi connectivity index (χ0) is 15.8. The topological polar surface area (TPSA) is 38.4 Å². The first-order chi connectivity index (χ1) is 11.2. The van der Waals surface area contributed by atoms with E-state index < -0.39 is 0 Å². The molecule has 0 aromatic carbocycles. The van der Waals surface area contributed by atoms with Crippen molar-refractivity contribution < 1.29 is 0 Å². The number of imidazole rings is 2. The summed E-state index contributed by atoms with van der Waals surface area (Å²) >= 11 is 0. The Bertz CT molecular complexity index is 816. The molecule has 23 heavy (non-hydrogen) atoms. The third-order valence-electron chi connectivity index (χ3n) is 4.76. The summed E-state index contributed by atoms with van der Waals surface area (Å²) in [5, 5.41) is 0. The van der Waals surface area contributed by atoms with Crippen LogP contribution < -0.4 is 0 Å². The molecule has 5 nitrogen and oxygen atoms in total. The summed E-state index contributed by atoms with van der Waals surface area (Å²) in [6, 6.07) is 4.20. The van der Waals surface area contributed by atoms with E-state index in [-0.39, 0.29) is 0 Å². The van der Waals surface area contributed by atoms with Gasteiger partial charge in [0.05, 0.1) is 11.9 Å². The molecule has 0 saturated carbocycles. The maximum Gasteiger partial charge on any atom is 0.136 e. The van der Waals surface area contributed by atoms with Crippen molar-refractivity contribution in [3.05, 3.63) is 54.0 Å². The number of hydrogen-bond donors (Lipinski definition) is 0. The predicted molar refractivity (Wildman–Crippen MR) is 90.3 cm³/mol. The summed E-state index contributed by atoms with van der Waals surface area (Å²) in [5.74, 6) is 1.93. The molecular weight excluding hydrogens is 286 g/mol. The zero-order valence-corrected chi connectivity index (χ0v) is 13.8. The SMILES string of the molecule is Cc1ccc2ncc(CN(C)C[C@H]3CCc4nccn4C3)n2c1. The van der Waals surface area contributed by atoms with Crippen LogP contribution in [0.4, 0.5) is 0 Å². The van der Waals surface area contributed by atoms with E-state index in [1.165, 1.54) is 23.5 Å². The number of pyridine rings is 1. The van der Waals surface area contributed by atoms with Gasteiger partial charge in [-0.3, -0.25) is 0 Å². The number of rotatable bonds is 4. The van der Waals surface area contributed by atoms with E-state index in [2.05, 4.69) is 62.3 Å². The number of hydrogen-bond acceptors (Lipinski definition) is 3. The van der Waals surface area contributed by atoms with Crippen molar-refractivity contribution in [3.8, 4) is 0 Å². The van der Waals surface area contributed by atoms with Crippen LogP contribution in [0.3, 0.4) is 0 Å². The number of aryl methyl sites for hydroxylation is 2. The van der Waals surface area contributed by atoms with Crippen molar-refractivity contribution in [3.63, 3.8) is 0 Å². The summed E-state index contributed by atoms with van der Waals surface area (Å²) in [6.45, 7) is 5.25. The molecule has 0 saturated heterocycles. The number of aromatic nitrogens is 4. The maximum atomic E-state index is 4.51. The fraction of sp³-hybridized carbons (Fsp3) is 0.444. The molecule has 0 bridgehead atoms. The fourth-order valence-corrected chi connectivity index (χ4v) is 3.62. The van der Waals surface area contributed by atoms with Gasteiger partial charge in [-0.15, -0.1) is 0 Å². The summed E-state index contributed by atoms with van der Waals surface area (Å²) in [4.78, 5) is 11.3. The number of fused-ring (bicyclic) bond motifs is 2. The summed E-state index contributed by atoms with van der Waals surface area (Å²) in [6.07, 6.45) is 10.5. The normalized spacial score (nSPS) is 17.8. The molecular formula is C18H23N5. The van der Waals surface area contributed by atoms with Gasteiger partial charge < -0.3 is 13.9 Å². The highest BCUT2D eigenvalue weighted by molar-refractivity contribution is 5.41. The Balaban J connectivity index is 1.43. The van der Waals surface area contributed by atoms with Gasteiger partial charge in [0.25, 0.3) is 0 Å². The van der Waals surface area contributed by atoms with Crippen LogP contribution in [0.2, 0.25) is 0 Å². The lowest BCUT2D eigenvalue weighted by atomic mass is 9.99. The van der Waals surface area contributed by atoms with Gasteiger partial charge in [0.2, 0.25) is 0 Å². The van der Waals surface area contributed by atoms with E-state index in [1.54, 1.807) is 0 Å². The minimum Gasteiger partial charge on any atom is -0.335 e. The molecule has 0 unspecified atom stereocenters. The Hall–Kier alpha value is -2.14. The van der Waals surface area contributed by atoms with Crippen molar-refractivity contribution in [2.75, 3.05) is 13.6 Å². The highest BCUT2D eigenvalue weighted by atomic mass is 15.1. The second-order valence-electron chi connectivity index (χ2n) is 6.78. The van der Waals surface area contributed by atoms with Crippen LogP contribution in [0, 0.1) is 12.8 Å². The van der Waals surface area contributed by atoms with Gasteiger partial charge >= 0.3 is 0 Å². The van der Waals surface area contributed by atoms with Gasteiger partial charge in [0.1, 0.15) is 11.5 Å². The Morgan fingerprint density at radius 2 is 2.22 bits per heavy atom. The molecule has 4 rings (SSSR count). The molecule has 1 atom stereocenters. The molecule has 0 N–H and O–H groups in total. The molecule has 0 fully saturated rings. The molecule has 0 aliphatic carbocycles. The summed E-state index contributed by atoms with van der Waals surface area (Å²) < 4.78 is 4.51. The van der Waals surface area contributed by atoms with Gasteiger partial charge in [0, 0.05) is 44.6 Å². The van der Waals surface area contributed by atoms with Gasteiger partial charge in [-0.25, -0.2) is 9.97 Å². The molecule has 0 radical (unpaired) electrons. The van der Waals surface area contributed by atoms with Crippen molar-refractivity contribution in [1.82, 2.24) is 23.8 Å². The van der Waals surface area contributed by atoms with Crippen molar-refractivity contribution in [2.24, 2.45) is 5.92 Å². The molecule has 3 aromatic heterocycles. The highest BCUT2D eigenvalue weighted by Gasteiger charge is 2.20. The average molecular weight is 309 g/mol. The third kappa shape index (κ3) is 2.88. The van der Waals surface area contributed by atoms with Crippen molar-refractivity contribution in [1.29, 1.82) is 0 Å². The lowest BCUT2D eigenvalue weighted by Crippen LogP contribution is -2.31. The second-order valence-corrected chi connectivity index (χ2v) is 6.78. The second kappa shape index (κ2) is 5.81. The van der Waals surface area contributed by atoms with E-state index >= 15 is 0 Å². The monoisotopic (exact) mass is 309 g/mol. The van der Waals surface area contributed by atoms with Crippen LogP contribution in [0.5, 0.6) is 0 Å². The number of nitrogens with zero attached hydrogens (tertiary/aromatic N) is 5. The van der Waals surface area contributed by atoms with Gasteiger partial charge in [-0.05, 0) is 37.9 Å². The molecule has 0 spiro atoms. The quantitative estimate of drug-likeness (QED) is 0.743. The van der Waals surface area contributed by atoms with E-state index in [9.17, 15) is 0 Å². The van der Waals surface area contributed by atoms with Crippen molar-refractivity contribution >= 4 is 5.65 Å². The Morgan fingerprint density at radius 1 is 1.30 bits per heavy atom. The van der Waals surface area contributed by atoms with E-state index in [4.69, 9.17) is 0 Å². The molecule has 1 aliphatic heterocycles. The zero-order valence-electron chi connectivity index (χ0n) is 13.8. The highest BCUT2D eigenvalue weighted by Crippen LogP contribution is 2.20. The molecule has 120 valence electrons.